The number of benzene rings is 1. The molecule has 1 N–H and O–H groups in total. The van der Waals surface area contributed by atoms with Crippen LogP contribution < -0.4 is 11.0 Å². The molecular weight excluding hydrogens is 424 g/mol. The largest absolute Gasteiger partial charge is 0.379 e. The van der Waals surface area contributed by atoms with Crippen molar-refractivity contribution in [3.8, 4) is 0 Å². The van der Waals surface area contributed by atoms with Crippen LogP contribution >= 0.6 is 11.8 Å². The van der Waals surface area contributed by atoms with Gasteiger partial charge in [-0.05, 0) is 37.7 Å². The third-order valence-corrected chi connectivity index (χ3v) is 7.10. The van der Waals surface area contributed by atoms with Gasteiger partial charge in [0.05, 0.1) is 19.0 Å². The Morgan fingerprint density at radius 1 is 1.12 bits per heavy atom. The minimum atomic E-state index is -0.181. The van der Waals surface area contributed by atoms with Crippen LogP contribution in [0.3, 0.4) is 0 Å². The van der Waals surface area contributed by atoms with Gasteiger partial charge < -0.3 is 10.1 Å². The van der Waals surface area contributed by atoms with E-state index in [4.69, 9.17) is 4.74 Å². The topological polar surface area (TPSA) is 76.5 Å². The molecule has 0 atom stereocenters. The average molecular weight is 457 g/mol. The summed E-state index contributed by atoms with van der Waals surface area (Å²) in [6.45, 7) is 5.81. The highest BCUT2D eigenvalue weighted by Crippen LogP contribution is 2.29. The molecule has 1 aromatic heterocycles. The first-order chi connectivity index (χ1) is 15.7. The molecule has 172 valence electrons. The third-order valence-electron chi connectivity index (χ3n) is 6.08. The van der Waals surface area contributed by atoms with Crippen LogP contribution in [0, 0.1) is 0 Å². The number of rotatable bonds is 10. The van der Waals surface area contributed by atoms with Crippen molar-refractivity contribution >= 4 is 17.7 Å². The lowest BCUT2D eigenvalue weighted by Gasteiger charge is -2.26. The first-order valence-electron chi connectivity index (χ1n) is 11.6. The second-order valence-corrected chi connectivity index (χ2v) is 9.28. The van der Waals surface area contributed by atoms with E-state index in [0.29, 0.717) is 13.1 Å². The van der Waals surface area contributed by atoms with E-state index in [1.807, 2.05) is 22.8 Å². The summed E-state index contributed by atoms with van der Waals surface area (Å²) in [4.78, 5) is 31.8. The molecule has 0 unspecified atom stereocenters. The van der Waals surface area contributed by atoms with Gasteiger partial charge in [-0.3, -0.25) is 14.3 Å². The fourth-order valence-corrected chi connectivity index (χ4v) is 5.30. The molecule has 32 heavy (non-hydrogen) atoms. The first-order valence-corrected chi connectivity index (χ1v) is 12.6. The molecule has 7 nitrogen and oxygen atoms in total. The normalized spacial score (nSPS) is 16.1. The number of hydrogen-bond acceptors (Lipinski definition) is 6. The lowest BCUT2D eigenvalue weighted by Crippen LogP contribution is -2.37. The molecule has 0 spiro atoms. The van der Waals surface area contributed by atoms with Gasteiger partial charge in [0.15, 0.2) is 0 Å². The predicted molar refractivity (Wildman–Crippen MR) is 126 cm³/mol. The molecule has 0 radical (unpaired) electrons. The monoisotopic (exact) mass is 456 g/mol. The fraction of sp³-hybridized carbons (Fsp3) is 0.542. The Balaban J connectivity index is 1.29. The Kier molecular flexibility index (Phi) is 8.36. The van der Waals surface area contributed by atoms with E-state index in [0.717, 1.165) is 81.2 Å². The summed E-state index contributed by atoms with van der Waals surface area (Å²) >= 11 is 1.39. The maximum atomic E-state index is 12.8. The number of carbonyl (C=O) groups excluding carboxylic acids is 1. The molecule has 2 aromatic rings. The quantitative estimate of drug-likeness (QED) is 0.435. The van der Waals surface area contributed by atoms with Crippen molar-refractivity contribution in [2.75, 3.05) is 45.1 Å². The number of thioether (sulfide) groups is 1. The molecule has 1 aromatic carbocycles. The van der Waals surface area contributed by atoms with Gasteiger partial charge >= 0.3 is 5.69 Å². The molecule has 1 aliphatic heterocycles. The Hall–Kier alpha value is -2.16. The lowest BCUT2D eigenvalue weighted by atomic mass is 10.1. The zero-order valence-electron chi connectivity index (χ0n) is 18.6. The highest BCUT2D eigenvalue weighted by atomic mass is 32.2. The number of nitrogens with zero attached hydrogens (tertiary/aromatic N) is 3. The number of amides is 1. The molecular formula is C24H32N4O3S. The molecule has 8 heteroatoms. The molecule has 1 fully saturated rings. The van der Waals surface area contributed by atoms with E-state index < -0.39 is 0 Å². The van der Waals surface area contributed by atoms with Gasteiger partial charge in [-0.2, -0.15) is 4.98 Å². The maximum Gasteiger partial charge on any atom is 0.348 e. The van der Waals surface area contributed by atoms with Crippen LogP contribution in [-0.4, -0.2) is 65.5 Å². The van der Waals surface area contributed by atoms with Crippen molar-refractivity contribution in [3.05, 3.63) is 57.6 Å². The van der Waals surface area contributed by atoms with Crippen molar-refractivity contribution in [2.24, 2.45) is 0 Å². The molecule has 0 saturated carbocycles. The van der Waals surface area contributed by atoms with Crippen molar-refractivity contribution in [3.63, 3.8) is 0 Å². The zero-order chi connectivity index (χ0) is 22.2. The van der Waals surface area contributed by atoms with E-state index in [2.05, 4.69) is 27.3 Å². The lowest BCUT2D eigenvalue weighted by molar-refractivity contribution is -0.118. The molecule has 1 saturated heterocycles. The van der Waals surface area contributed by atoms with Gasteiger partial charge in [0.2, 0.25) is 5.91 Å². The van der Waals surface area contributed by atoms with Crippen LogP contribution in [0.15, 0.2) is 40.2 Å². The number of fused-ring (bicyclic) bond motifs is 1. The van der Waals surface area contributed by atoms with E-state index in [1.165, 1.54) is 17.3 Å². The second kappa shape index (κ2) is 11.6. The summed E-state index contributed by atoms with van der Waals surface area (Å²) < 4.78 is 7.27. The Labute approximate surface area is 193 Å². The Bertz CT molecular complexity index is 958. The van der Waals surface area contributed by atoms with E-state index in [-0.39, 0.29) is 17.3 Å². The summed E-state index contributed by atoms with van der Waals surface area (Å²) in [6.07, 6.45) is 4.64. The third kappa shape index (κ3) is 6.21. The van der Waals surface area contributed by atoms with Crippen LogP contribution in [0.25, 0.3) is 0 Å². The molecule has 2 heterocycles. The zero-order valence-corrected chi connectivity index (χ0v) is 19.4. The molecule has 0 bridgehead atoms. The summed E-state index contributed by atoms with van der Waals surface area (Å²) in [5.41, 5.74) is 3.31. The van der Waals surface area contributed by atoms with Crippen molar-refractivity contribution in [1.82, 2.24) is 19.8 Å². The summed E-state index contributed by atoms with van der Waals surface area (Å²) in [6, 6.07) is 10.1. The van der Waals surface area contributed by atoms with Gasteiger partial charge in [-0.1, -0.05) is 42.1 Å². The van der Waals surface area contributed by atoms with Crippen LogP contribution in [0.4, 0.5) is 0 Å². The molecule has 1 amide bonds. The highest BCUT2D eigenvalue weighted by molar-refractivity contribution is 7.99. The maximum absolute atomic E-state index is 12.8. The summed E-state index contributed by atoms with van der Waals surface area (Å²) in [5, 5.41) is 3.71. The smallest absolute Gasteiger partial charge is 0.348 e. The summed E-state index contributed by atoms with van der Waals surface area (Å²) in [5.74, 6) is 0.267. The van der Waals surface area contributed by atoms with Crippen LogP contribution in [0.2, 0.25) is 0 Å². The molecule has 4 rings (SSSR count). The SMILES string of the molecule is O=C(CSc1nc(=O)n(CCCN2CCOCC2)c2c1CCC2)NCCc1ccccc1. The second-order valence-electron chi connectivity index (χ2n) is 8.31. The number of aromatic nitrogens is 2. The van der Waals surface area contributed by atoms with E-state index in [1.54, 1.807) is 0 Å². The summed E-state index contributed by atoms with van der Waals surface area (Å²) in [7, 11) is 0. The number of nitrogens with one attached hydrogen (secondary N) is 1. The van der Waals surface area contributed by atoms with Crippen molar-refractivity contribution in [1.29, 1.82) is 0 Å². The molecule has 1 aliphatic carbocycles. The van der Waals surface area contributed by atoms with E-state index in [9.17, 15) is 9.59 Å². The van der Waals surface area contributed by atoms with Crippen molar-refractivity contribution in [2.45, 2.75) is 43.7 Å². The van der Waals surface area contributed by atoms with Gasteiger partial charge in [0.25, 0.3) is 0 Å². The number of carbonyl (C=O) groups is 1. The predicted octanol–water partition coefficient (Wildman–Crippen LogP) is 1.91. The fourth-order valence-electron chi connectivity index (χ4n) is 4.39. The van der Waals surface area contributed by atoms with Crippen LogP contribution in [-0.2, 0) is 35.3 Å². The number of morpholine rings is 1. The van der Waals surface area contributed by atoms with Gasteiger partial charge in [0.1, 0.15) is 5.03 Å². The van der Waals surface area contributed by atoms with E-state index >= 15 is 0 Å². The van der Waals surface area contributed by atoms with Gasteiger partial charge in [-0.25, -0.2) is 4.79 Å². The average Bonchev–Trinajstić information content (AvgIpc) is 3.31. The number of ether oxygens (including phenoxy) is 1. The standard InChI is InChI=1S/C24H32N4O3S/c29-22(25-11-10-19-6-2-1-3-7-19)18-32-23-20-8-4-9-21(20)28(24(30)26-23)13-5-12-27-14-16-31-17-15-27/h1-3,6-7H,4-5,8-18H2,(H,25,29). The van der Waals surface area contributed by atoms with Crippen LogP contribution in [0.5, 0.6) is 0 Å². The highest BCUT2D eigenvalue weighted by Gasteiger charge is 2.22. The van der Waals surface area contributed by atoms with Crippen molar-refractivity contribution < 1.29 is 9.53 Å². The number of hydrogen-bond donors (Lipinski definition) is 1. The first kappa shape index (κ1) is 23.0. The molecule has 2 aliphatic rings. The minimum Gasteiger partial charge on any atom is -0.379 e. The van der Waals surface area contributed by atoms with Gasteiger partial charge in [0, 0.05) is 44.0 Å². The minimum absolute atomic E-state index is 0.0193. The Morgan fingerprint density at radius 3 is 2.75 bits per heavy atom. The van der Waals surface area contributed by atoms with Crippen LogP contribution in [0.1, 0.15) is 29.7 Å². The Morgan fingerprint density at radius 2 is 1.94 bits per heavy atom. The van der Waals surface area contributed by atoms with Gasteiger partial charge in [-0.15, -0.1) is 0 Å².